The Kier molecular flexibility index (Phi) is 5.22. The summed E-state index contributed by atoms with van der Waals surface area (Å²) in [5, 5.41) is 9.28. The number of carboxylic acid groups (broad SMARTS) is 1. The molecular weight excluding hydrogens is 242 g/mol. The molecule has 1 aliphatic heterocycles. The molecule has 1 heterocycles. The highest BCUT2D eigenvalue weighted by molar-refractivity contribution is 5.68. The summed E-state index contributed by atoms with van der Waals surface area (Å²) >= 11 is 0. The minimum Gasteiger partial charge on any atom is -0.481 e. The van der Waals surface area contributed by atoms with Crippen molar-refractivity contribution in [2.24, 2.45) is 0 Å². The third kappa shape index (κ3) is 3.69. The monoisotopic (exact) mass is 269 g/mol. The molecule has 2 aliphatic rings. The molecule has 2 fully saturated rings. The Morgan fingerprint density at radius 3 is 2.63 bits per heavy atom. The first-order valence-electron chi connectivity index (χ1n) is 7.66. The summed E-state index contributed by atoms with van der Waals surface area (Å²) in [7, 11) is 2.14. The fourth-order valence-corrected chi connectivity index (χ4v) is 3.81. The van der Waals surface area contributed by atoms with E-state index in [4.69, 9.17) is 4.74 Å². The van der Waals surface area contributed by atoms with Gasteiger partial charge in [0.05, 0.1) is 6.42 Å². The maximum absolute atomic E-state index is 11.3. The molecule has 0 aromatic carbocycles. The highest BCUT2D eigenvalue weighted by Crippen LogP contribution is 2.38. The number of ether oxygens (including phenoxy) is 1. The quantitative estimate of drug-likeness (QED) is 0.852. The molecule has 2 rings (SSSR count). The summed E-state index contributed by atoms with van der Waals surface area (Å²) in [5.41, 5.74) is -0.112. The summed E-state index contributed by atoms with van der Waals surface area (Å²) in [5.74, 6) is -0.654. The molecule has 1 saturated carbocycles. The molecule has 0 aromatic rings. The third-order valence-corrected chi connectivity index (χ3v) is 4.98. The van der Waals surface area contributed by atoms with Gasteiger partial charge in [-0.2, -0.15) is 0 Å². The lowest BCUT2D eigenvalue weighted by Crippen LogP contribution is -2.53. The molecule has 1 atom stereocenters. The van der Waals surface area contributed by atoms with Crippen LogP contribution in [-0.4, -0.2) is 47.8 Å². The van der Waals surface area contributed by atoms with E-state index in [0.29, 0.717) is 12.5 Å². The highest BCUT2D eigenvalue weighted by atomic mass is 16.5. The van der Waals surface area contributed by atoms with Crippen LogP contribution in [0.15, 0.2) is 0 Å². The summed E-state index contributed by atoms with van der Waals surface area (Å²) in [6, 6.07) is 0.486. The Balaban J connectivity index is 2.09. The average molecular weight is 269 g/mol. The van der Waals surface area contributed by atoms with Crippen molar-refractivity contribution in [3.05, 3.63) is 0 Å². The van der Waals surface area contributed by atoms with Gasteiger partial charge in [0, 0.05) is 24.8 Å². The molecule has 0 radical (unpaired) electrons. The second-order valence-corrected chi connectivity index (χ2v) is 6.16. The van der Waals surface area contributed by atoms with Crippen LogP contribution in [0.25, 0.3) is 0 Å². The lowest BCUT2D eigenvalue weighted by atomic mass is 9.77. The van der Waals surface area contributed by atoms with E-state index in [-0.39, 0.29) is 5.54 Å². The predicted octanol–water partition coefficient (Wildman–Crippen LogP) is 2.66. The fourth-order valence-electron chi connectivity index (χ4n) is 3.81. The number of nitrogens with zero attached hydrogens (tertiary/aromatic N) is 1. The van der Waals surface area contributed by atoms with Crippen molar-refractivity contribution in [3.63, 3.8) is 0 Å². The van der Waals surface area contributed by atoms with Crippen molar-refractivity contribution in [2.45, 2.75) is 69.4 Å². The first-order chi connectivity index (χ1) is 9.14. The molecule has 110 valence electrons. The first kappa shape index (κ1) is 14.8. The molecule has 1 unspecified atom stereocenters. The number of hydrogen-bond acceptors (Lipinski definition) is 3. The Morgan fingerprint density at radius 1 is 1.21 bits per heavy atom. The number of carbonyl (C=O) groups is 1. The van der Waals surface area contributed by atoms with Gasteiger partial charge in [-0.1, -0.05) is 19.3 Å². The lowest BCUT2D eigenvalue weighted by molar-refractivity contribution is -0.141. The molecular formula is C15H27NO3. The fraction of sp³-hybridized carbons (Fsp3) is 0.933. The number of rotatable bonds is 4. The first-order valence-corrected chi connectivity index (χ1v) is 7.66. The average Bonchev–Trinajstić information content (AvgIpc) is 2.67. The van der Waals surface area contributed by atoms with Crippen LogP contribution >= 0.6 is 0 Å². The van der Waals surface area contributed by atoms with Crippen LogP contribution in [0, 0.1) is 0 Å². The largest absolute Gasteiger partial charge is 0.481 e. The van der Waals surface area contributed by atoms with E-state index in [2.05, 4.69) is 11.9 Å². The zero-order valence-electron chi connectivity index (χ0n) is 12.1. The minimum atomic E-state index is -0.654. The summed E-state index contributed by atoms with van der Waals surface area (Å²) in [6.07, 6.45) is 9.22. The molecule has 1 aliphatic carbocycles. The van der Waals surface area contributed by atoms with Crippen molar-refractivity contribution in [1.82, 2.24) is 4.90 Å². The normalized spacial score (nSPS) is 28.0. The van der Waals surface area contributed by atoms with Crippen LogP contribution in [0.5, 0.6) is 0 Å². The van der Waals surface area contributed by atoms with Crippen molar-refractivity contribution in [1.29, 1.82) is 0 Å². The topological polar surface area (TPSA) is 49.8 Å². The Morgan fingerprint density at radius 2 is 1.95 bits per heavy atom. The Bertz CT molecular complexity index is 292. The van der Waals surface area contributed by atoms with Crippen molar-refractivity contribution in [3.8, 4) is 0 Å². The highest BCUT2D eigenvalue weighted by Gasteiger charge is 2.40. The van der Waals surface area contributed by atoms with Crippen LogP contribution in [0.3, 0.4) is 0 Å². The van der Waals surface area contributed by atoms with E-state index in [9.17, 15) is 9.90 Å². The van der Waals surface area contributed by atoms with Gasteiger partial charge in [-0.3, -0.25) is 9.69 Å². The van der Waals surface area contributed by atoms with Gasteiger partial charge in [-0.15, -0.1) is 0 Å². The second kappa shape index (κ2) is 6.71. The maximum Gasteiger partial charge on any atom is 0.305 e. The number of carboxylic acids is 1. The van der Waals surface area contributed by atoms with Gasteiger partial charge in [-0.05, 0) is 39.2 Å². The van der Waals surface area contributed by atoms with Crippen molar-refractivity contribution < 1.29 is 14.6 Å². The third-order valence-electron chi connectivity index (χ3n) is 4.98. The molecule has 0 amide bonds. The van der Waals surface area contributed by atoms with E-state index in [0.717, 1.165) is 45.3 Å². The molecule has 4 nitrogen and oxygen atoms in total. The zero-order valence-corrected chi connectivity index (χ0v) is 12.1. The number of aliphatic carboxylic acids is 1. The van der Waals surface area contributed by atoms with E-state index in [1.807, 2.05) is 0 Å². The molecule has 1 N–H and O–H groups in total. The van der Waals surface area contributed by atoms with Gasteiger partial charge < -0.3 is 9.84 Å². The maximum atomic E-state index is 11.3. The molecule has 0 spiro atoms. The number of hydrogen-bond donors (Lipinski definition) is 1. The summed E-state index contributed by atoms with van der Waals surface area (Å²) in [4.78, 5) is 13.7. The molecule has 19 heavy (non-hydrogen) atoms. The van der Waals surface area contributed by atoms with Gasteiger partial charge in [0.2, 0.25) is 0 Å². The van der Waals surface area contributed by atoms with E-state index in [1.165, 1.54) is 19.3 Å². The van der Waals surface area contributed by atoms with Crippen molar-refractivity contribution in [2.75, 3.05) is 20.3 Å². The molecule has 4 heteroatoms. The smallest absolute Gasteiger partial charge is 0.305 e. The summed E-state index contributed by atoms with van der Waals surface area (Å²) in [6.45, 7) is 1.68. The van der Waals surface area contributed by atoms with Gasteiger partial charge >= 0.3 is 5.97 Å². The van der Waals surface area contributed by atoms with Gasteiger partial charge in [0.15, 0.2) is 0 Å². The van der Waals surface area contributed by atoms with Crippen LogP contribution in [0.1, 0.15) is 57.8 Å². The van der Waals surface area contributed by atoms with Crippen LogP contribution < -0.4 is 0 Å². The van der Waals surface area contributed by atoms with Crippen LogP contribution in [0.2, 0.25) is 0 Å². The Labute approximate surface area is 116 Å². The van der Waals surface area contributed by atoms with Crippen LogP contribution in [0.4, 0.5) is 0 Å². The molecule has 0 bridgehead atoms. The van der Waals surface area contributed by atoms with Crippen molar-refractivity contribution >= 4 is 5.97 Å². The molecule has 1 saturated heterocycles. The van der Waals surface area contributed by atoms with Crippen LogP contribution in [-0.2, 0) is 9.53 Å². The SMILES string of the molecule is CN(C1CCCOCC1)C1(CC(=O)O)CCCCC1. The minimum absolute atomic E-state index is 0.112. The van der Waals surface area contributed by atoms with E-state index >= 15 is 0 Å². The van der Waals surface area contributed by atoms with Gasteiger partial charge in [0.1, 0.15) is 0 Å². The van der Waals surface area contributed by atoms with E-state index in [1.54, 1.807) is 0 Å². The van der Waals surface area contributed by atoms with E-state index < -0.39 is 5.97 Å². The van der Waals surface area contributed by atoms with Gasteiger partial charge in [0.25, 0.3) is 0 Å². The lowest BCUT2D eigenvalue weighted by Gasteiger charge is -2.47. The summed E-state index contributed by atoms with van der Waals surface area (Å²) < 4.78 is 5.53. The predicted molar refractivity (Wildman–Crippen MR) is 74.3 cm³/mol. The standard InChI is InChI=1S/C15H27NO3/c1-16(13-6-5-10-19-11-7-13)15(12-14(17)18)8-3-2-4-9-15/h13H,2-12H2,1H3,(H,17,18). The van der Waals surface area contributed by atoms with Gasteiger partial charge in [-0.25, -0.2) is 0 Å². The zero-order chi connectivity index (χ0) is 13.7. The molecule has 0 aromatic heterocycles. The second-order valence-electron chi connectivity index (χ2n) is 6.16. The Hall–Kier alpha value is -0.610.